The van der Waals surface area contributed by atoms with Gasteiger partial charge in [-0.05, 0) is 80.0 Å². The summed E-state index contributed by atoms with van der Waals surface area (Å²) in [6.07, 6.45) is 4.51. The van der Waals surface area contributed by atoms with Gasteiger partial charge in [0.2, 0.25) is 12.1 Å². The summed E-state index contributed by atoms with van der Waals surface area (Å²) in [5.41, 5.74) is 3.38. The van der Waals surface area contributed by atoms with E-state index in [1.807, 2.05) is 49.4 Å². The molecule has 8 atom stereocenters. The Morgan fingerprint density at radius 1 is 1.03 bits per heavy atom. The molecule has 9 heteroatoms. The summed E-state index contributed by atoms with van der Waals surface area (Å²) in [7, 11) is 0. The molecular weight excluding hydrogens is 486 g/mol. The van der Waals surface area contributed by atoms with E-state index < -0.39 is 30.0 Å². The molecule has 202 valence electrons. The summed E-state index contributed by atoms with van der Waals surface area (Å²) in [6, 6.07) is 16.3. The number of fused-ring (bicyclic) bond motifs is 2. The molecule has 2 aromatic rings. The van der Waals surface area contributed by atoms with Gasteiger partial charge in [-0.25, -0.2) is 20.0 Å². The van der Waals surface area contributed by atoms with Crippen LogP contribution in [-0.4, -0.2) is 36.2 Å². The van der Waals surface area contributed by atoms with Crippen molar-refractivity contribution in [3.63, 3.8) is 0 Å². The lowest BCUT2D eigenvalue weighted by molar-refractivity contribution is -0.575. The molecule has 2 N–H and O–H groups in total. The molecule has 1 unspecified atom stereocenters. The topological polar surface area (TPSA) is 99.6 Å². The molecule has 1 spiro atoms. The minimum absolute atomic E-state index is 0.0875. The number of ether oxygens (including phenoxy) is 3. The molecule has 4 aliphatic heterocycles. The fourth-order valence-electron chi connectivity index (χ4n) is 6.62. The largest absolute Gasteiger partial charge is 0.465 e. The number of amides is 2. The summed E-state index contributed by atoms with van der Waals surface area (Å²) in [4.78, 5) is 24.1. The Morgan fingerprint density at radius 3 is 2.61 bits per heavy atom. The minimum atomic E-state index is -0.810. The van der Waals surface area contributed by atoms with Gasteiger partial charge in [-0.15, -0.1) is 0 Å². The van der Waals surface area contributed by atoms with Crippen molar-refractivity contribution < 1.29 is 28.8 Å². The molecule has 38 heavy (non-hydrogen) atoms. The molecule has 2 amide bonds. The molecule has 2 aromatic carbocycles. The Kier molecular flexibility index (Phi) is 6.63. The van der Waals surface area contributed by atoms with Crippen molar-refractivity contribution in [2.75, 3.05) is 5.32 Å². The third kappa shape index (κ3) is 4.58. The fraction of sp³-hybridized carbons (Fsp3) is 0.517. The van der Waals surface area contributed by atoms with Gasteiger partial charge in [0.1, 0.15) is 5.75 Å². The van der Waals surface area contributed by atoms with E-state index >= 15 is 0 Å². The average Bonchev–Trinajstić information content (AvgIpc) is 3.14. The summed E-state index contributed by atoms with van der Waals surface area (Å²) in [6.45, 7) is 6.40. The molecule has 2 bridgehead atoms. The lowest BCUT2D eigenvalue weighted by Crippen LogP contribution is -2.70. The molecule has 4 saturated heterocycles. The average molecular weight is 522 g/mol. The second kappa shape index (κ2) is 9.96. The van der Waals surface area contributed by atoms with Crippen LogP contribution in [0.2, 0.25) is 0 Å². The number of anilines is 1. The monoisotopic (exact) mass is 521 g/mol. The number of nitrogens with zero attached hydrogens (tertiary/aromatic N) is 1. The van der Waals surface area contributed by atoms with Crippen LogP contribution in [0.4, 0.5) is 10.5 Å². The van der Waals surface area contributed by atoms with Crippen molar-refractivity contribution in [2.45, 2.75) is 70.4 Å². The Morgan fingerprint density at radius 2 is 1.82 bits per heavy atom. The molecule has 4 heterocycles. The Hall–Kier alpha value is -2.98. The highest BCUT2D eigenvalue weighted by Gasteiger charge is 2.69. The van der Waals surface area contributed by atoms with Gasteiger partial charge in [-0.3, -0.25) is 0 Å². The van der Waals surface area contributed by atoms with Crippen LogP contribution in [0.15, 0.2) is 59.7 Å². The van der Waals surface area contributed by atoms with Crippen LogP contribution in [-0.2, 0) is 19.2 Å². The smallest absolute Gasteiger partial charge is 0.339 e. The lowest BCUT2D eigenvalue weighted by Gasteiger charge is -2.60. The third-order valence-corrected chi connectivity index (χ3v) is 8.64. The van der Waals surface area contributed by atoms with E-state index in [4.69, 9.17) is 24.0 Å². The van der Waals surface area contributed by atoms with E-state index in [1.54, 1.807) is 18.3 Å². The zero-order valence-electron chi connectivity index (χ0n) is 22.0. The molecule has 5 aliphatic rings. The van der Waals surface area contributed by atoms with Gasteiger partial charge < -0.3 is 19.5 Å². The first-order chi connectivity index (χ1) is 18.4. The third-order valence-electron chi connectivity index (χ3n) is 8.64. The summed E-state index contributed by atoms with van der Waals surface area (Å²) >= 11 is 0. The van der Waals surface area contributed by atoms with Crippen LogP contribution in [0, 0.1) is 23.7 Å². The van der Waals surface area contributed by atoms with E-state index in [0.717, 1.165) is 31.2 Å². The molecular formula is C29H35N3O6. The number of carbonyl (C=O) groups is 1. The van der Waals surface area contributed by atoms with Crippen molar-refractivity contribution in [1.82, 2.24) is 5.43 Å². The predicted molar refractivity (Wildman–Crippen MR) is 140 cm³/mol. The Bertz CT molecular complexity index is 1180. The van der Waals surface area contributed by atoms with Crippen LogP contribution in [0.5, 0.6) is 5.75 Å². The summed E-state index contributed by atoms with van der Waals surface area (Å²) in [5.74, 6) is 1.01. The van der Waals surface area contributed by atoms with E-state index in [-0.39, 0.29) is 11.8 Å². The summed E-state index contributed by atoms with van der Waals surface area (Å²) < 4.78 is 19.3. The highest BCUT2D eigenvalue weighted by Crippen LogP contribution is 2.60. The molecule has 0 aromatic heterocycles. The number of hydrogen-bond donors (Lipinski definition) is 2. The standard InChI is InChI=1S/C29H35N3O6/c1-18-9-14-24-19(2)25(35-26-29(24)23(18)15-16-28(3,36-26)37-38-29)34-22-12-10-20(11-13-22)17-30-32-27(33)31-21-7-5-4-6-8-21/h4-8,10-13,17-19,23-26H,9,14-16H2,1-3H3,(H2,31,32,33)/b30-17+/t18-,19-,23+,24+,25+,26?,28+,29-/m1/s1. The molecule has 9 nitrogen and oxygen atoms in total. The van der Waals surface area contributed by atoms with Gasteiger partial charge in [-0.1, -0.05) is 32.0 Å². The Labute approximate surface area is 222 Å². The maximum atomic E-state index is 12.0. The molecule has 5 fully saturated rings. The first-order valence-electron chi connectivity index (χ1n) is 13.5. The number of urea groups is 1. The summed E-state index contributed by atoms with van der Waals surface area (Å²) in [5, 5.41) is 6.74. The lowest BCUT2D eigenvalue weighted by atomic mass is 9.58. The minimum Gasteiger partial charge on any atom is -0.465 e. The van der Waals surface area contributed by atoms with Gasteiger partial charge in [0.05, 0.1) is 6.21 Å². The first kappa shape index (κ1) is 25.3. The second-order valence-electron chi connectivity index (χ2n) is 11.2. The molecule has 1 saturated carbocycles. The molecule has 7 rings (SSSR count). The zero-order valence-corrected chi connectivity index (χ0v) is 22.0. The number of nitrogens with one attached hydrogen (secondary N) is 2. The van der Waals surface area contributed by atoms with Crippen molar-refractivity contribution in [3.05, 3.63) is 60.2 Å². The van der Waals surface area contributed by atoms with Gasteiger partial charge in [0.15, 0.2) is 11.9 Å². The van der Waals surface area contributed by atoms with Gasteiger partial charge in [0.25, 0.3) is 0 Å². The van der Waals surface area contributed by atoms with E-state index in [9.17, 15) is 4.79 Å². The number of hydrazone groups is 1. The highest BCUT2D eigenvalue weighted by molar-refractivity contribution is 5.90. The van der Waals surface area contributed by atoms with Gasteiger partial charge in [0, 0.05) is 23.9 Å². The maximum Gasteiger partial charge on any atom is 0.339 e. The van der Waals surface area contributed by atoms with Crippen molar-refractivity contribution in [1.29, 1.82) is 0 Å². The van der Waals surface area contributed by atoms with Gasteiger partial charge >= 0.3 is 6.03 Å². The van der Waals surface area contributed by atoms with Crippen LogP contribution in [0.25, 0.3) is 0 Å². The predicted octanol–water partition coefficient (Wildman–Crippen LogP) is 5.43. The maximum absolute atomic E-state index is 12.0. The number of para-hydroxylation sites is 1. The second-order valence-corrected chi connectivity index (χ2v) is 11.2. The van der Waals surface area contributed by atoms with Crippen molar-refractivity contribution in [2.24, 2.45) is 28.8 Å². The van der Waals surface area contributed by atoms with Crippen LogP contribution in [0.1, 0.15) is 52.0 Å². The first-order valence-corrected chi connectivity index (χ1v) is 13.5. The molecule has 1 aliphatic carbocycles. The number of hydrogen-bond acceptors (Lipinski definition) is 7. The van der Waals surface area contributed by atoms with Crippen LogP contribution < -0.4 is 15.5 Å². The zero-order chi connectivity index (χ0) is 26.3. The SMILES string of the molecule is C[C@H]1[C@@H](Oc2ccc(/C=N/NC(=O)Nc3ccccc3)cc2)OC2O[C@]3(C)CC[C@H]4[C@H](C)CC[C@@H]1[C@@]24OO3. The van der Waals surface area contributed by atoms with E-state index in [1.165, 1.54) is 0 Å². The van der Waals surface area contributed by atoms with Crippen molar-refractivity contribution in [3.8, 4) is 5.75 Å². The van der Waals surface area contributed by atoms with Crippen LogP contribution in [0.3, 0.4) is 0 Å². The van der Waals surface area contributed by atoms with E-state index in [0.29, 0.717) is 23.3 Å². The van der Waals surface area contributed by atoms with Crippen molar-refractivity contribution >= 4 is 17.9 Å². The quantitative estimate of drug-likeness (QED) is 0.309. The van der Waals surface area contributed by atoms with Crippen LogP contribution >= 0.6 is 0 Å². The Balaban J connectivity index is 1.10. The highest BCUT2D eigenvalue weighted by atomic mass is 17.3. The molecule has 0 radical (unpaired) electrons. The number of rotatable bonds is 5. The fourth-order valence-corrected chi connectivity index (χ4v) is 6.62. The van der Waals surface area contributed by atoms with E-state index in [2.05, 4.69) is 29.7 Å². The number of benzene rings is 2. The van der Waals surface area contributed by atoms with Gasteiger partial charge in [-0.2, -0.15) is 5.10 Å². The normalized spacial score (nSPS) is 37.8. The number of carbonyl (C=O) groups excluding carboxylic acids is 1.